The summed E-state index contributed by atoms with van der Waals surface area (Å²) in [6.07, 6.45) is 11.8. The molecule has 2 aliphatic rings. The van der Waals surface area contributed by atoms with Gasteiger partial charge in [-0.15, -0.1) is 0 Å². The molecular formula is C18H20N2O2. The molecular weight excluding hydrogens is 276 g/mol. The van der Waals surface area contributed by atoms with Crippen molar-refractivity contribution in [3.05, 3.63) is 59.9 Å². The van der Waals surface area contributed by atoms with Crippen LogP contribution < -0.4 is 0 Å². The minimum absolute atomic E-state index is 0.00665. The van der Waals surface area contributed by atoms with E-state index >= 15 is 0 Å². The van der Waals surface area contributed by atoms with Gasteiger partial charge in [-0.2, -0.15) is 0 Å². The van der Waals surface area contributed by atoms with Gasteiger partial charge >= 0.3 is 0 Å². The van der Waals surface area contributed by atoms with E-state index < -0.39 is 0 Å². The van der Waals surface area contributed by atoms with Crippen molar-refractivity contribution in [1.82, 2.24) is 9.80 Å². The van der Waals surface area contributed by atoms with Gasteiger partial charge in [0, 0.05) is 36.6 Å². The van der Waals surface area contributed by atoms with E-state index in [0.29, 0.717) is 11.1 Å². The maximum atomic E-state index is 12.4. The van der Waals surface area contributed by atoms with Crippen molar-refractivity contribution in [2.75, 3.05) is 13.1 Å². The summed E-state index contributed by atoms with van der Waals surface area (Å²) in [6, 6.07) is 6.97. The van der Waals surface area contributed by atoms with Crippen LogP contribution in [0, 0.1) is 0 Å². The number of hydrogen-bond donors (Lipinski definition) is 0. The average Bonchev–Trinajstić information content (AvgIpc) is 2.62. The van der Waals surface area contributed by atoms with Gasteiger partial charge in [-0.25, -0.2) is 0 Å². The molecule has 0 bridgehead atoms. The summed E-state index contributed by atoms with van der Waals surface area (Å²) in [7, 11) is 0. The molecule has 0 unspecified atom stereocenters. The number of benzene rings is 1. The van der Waals surface area contributed by atoms with Gasteiger partial charge in [-0.1, -0.05) is 12.2 Å². The SMILES string of the molecule is O=C(c1ccc(C(=O)N2C=CCCC2)cc1)N1C=CCCC1. The van der Waals surface area contributed by atoms with Crippen molar-refractivity contribution < 1.29 is 9.59 Å². The van der Waals surface area contributed by atoms with Gasteiger partial charge in [-0.3, -0.25) is 9.59 Å². The minimum Gasteiger partial charge on any atom is -0.315 e. The highest BCUT2D eigenvalue weighted by atomic mass is 16.2. The normalized spacial score (nSPS) is 17.6. The highest BCUT2D eigenvalue weighted by Crippen LogP contribution is 2.15. The maximum absolute atomic E-state index is 12.4. The maximum Gasteiger partial charge on any atom is 0.257 e. The Morgan fingerprint density at radius 3 is 1.45 bits per heavy atom. The van der Waals surface area contributed by atoms with Crippen LogP contribution in [0.15, 0.2) is 48.8 Å². The molecule has 22 heavy (non-hydrogen) atoms. The number of carbonyl (C=O) groups excluding carboxylic acids is 2. The summed E-state index contributed by atoms with van der Waals surface area (Å²) in [5, 5.41) is 0. The van der Waals surface area contributed by atoms with E-state index in [2.05, 4.69) is 0 Å². The van der Waals surface area contributed by atoms with Crippen molar-refractivity contribution in [2.45, 2.75) is 25.7 Å². The molecule has 4 heteroatoms. The van der Waals surface area contributed by atoms with Crippen molar-refractivity contribution >= 4 is 11.8 Å². The Morgan fingerprint density at radius 2 is 1.14 bits per heavy atom. The van der Waals surface area contributed by atoms with Crippen LogP contribution in [0.5, 0.6) is 0 Å². The van der Waals surface area contributed by atoms with Crippen LogP contribution in [0.1, 0.15) is 46.4 Å². The predicted octanol–water partition coefficient (Wildman–Crippen LogP) is 3.19. The molecule has 3 rings (SSSR count). The van der Waals surface area contributed by atoms with Crippen LogP contribution >= 0.6 is 0 Å². The molecule has 1 aromatic carbocycles. The van der Waals surface area contributed by atoms with Crippen molar-refractivity contribution in [3.8, 4) is 0 Å². The number of amides is 2. The van der Waals surface area contributed by atoms with E-state index in [4.69, 9.17) is 0 Å². The van der Waals surface area contributed by atoms with Crippen LogP contribution in [-0.2, 0) is 0 Å². The highest BCUT2D eigenvalue weighted by molar-refractivity contribution is 5.98. The average molecular weight is 296 g/mol. The molecule has 0 saturated heterocycles. The van der Waals surface area contributed by atoms with Gasteiger partial charge in [-0.05, 0) is 49.9 Å². The topological polar surface area (TPSA) is 40.6 Å². The molecule has 2 aliphatic heterocycles. The van der Waals surface area contributed by atoms with E-state index in [1.54, 1.807) is 34.1 Å². The number of allylic oxidation sites excluding steroid dienone is 2. The number of carbonyl (C=O) groups is 2. The van der Waals surface area contributed by atoms with Crippen molar-refractivity contribution in [2.24, 2.45) is 0 Å². The monoisotopic (exact) mass is 296 g/mol. The zero-order chi connectivity index (χ0) is 15.4. The summed E-state index contributed by atoms with van der Waals surface area (Å²) < 4.78 is 0. The Kier molecular flexibility index (Phi) is 4.37. The molecule has 0 saturated carbocycles. The van der Waals surface area contributed by atoms with Gasteiger partial charge in [0.1, 0.15) is 0 Å². The standard InChI is InChI=1S/C18H20N2O2/c21-17(19-11-3-1-4-12-19)15-7-9-16(10-8-15)18(22)20-13-5-2-6-14-20/h3,5,7-11,13H,1-2,4,6,12,14H2. The van der Waals surface area contributed by atoms with E-state index in [1.165, 1.54) is 0 Å². The molecule has 1 aromatic rings. The van der Waals surface area contributed by atoms with Crippen molar-refractivity contribution in [1.29, 1.82) is 0 Å². The highest BCUT2D eigenvalue weighted by Gasteiger charge is 2.18. The Morgan fingerprint density at radius 1 is 0.727 bits per heavy atom. The third-order valence-electron chi connectivity index (χ3n) is 4.01. The molecule has 0 N–H and O–H groups in total. The molecule has 0 spiro atoms. The lowest BCUT2D eigenvalue weighted by atomic mass is 10.1. The molecule has 0 radical (unpaired) electrons. The van der Waals surface area contributed by atoms with Gasteiger partial charge in [0.05, 0.1) is 0 Å². The smallest absolute Gasteiger partial charge is 0.257 e. The molecule has 0 atom stereocenters. The van der Waals surface area contributed by atoms with Gasteiger partial charge in [0.15, 0.2) is 0 Å². The quantitative estimate of drug-likeness (QED) is 0.841. The molecule has 0 aromatic heterocycles. The number of nitrogens with zero attached hydrogens (tertiary/aromatic N) is 2. The zero-order valence-corrected chi connectivity index (χ0v) is 12.6. The van der Waals surface area contributed by atoms with Crippen molar-refractivity contribution in [3.63, 3.8) is 0 Å². The first-order chi connectivity index (χ1) is 10.8. The van der Waals surface area contributed by atoms with Gasteiger partial charge < -0.3 is 9.80 Å². The summed E-state index contributed by atoms with van der Waals surface area (Å²) >= 11 is 0. The van der Waals surface area contributed by atoms with Crippen LogP contribution in [0.3, 0.4) is 0 Å². The Hall–Kier alpha value is -2.36. The molecule has 0 fully saturated rings. The fourth-order valence-corrected chi connectivity index (χ4v) is 2.74. The lowest BCUT2D eigenvalue weighted by Gasteiger charge is -2.22. The first kappa shape index (κ1) is 14.6. The molecule has 2 heterocycles. The van der Waals surface area contributed by atoms with E-state index in [1.807, 2.05) is 24.6 Å². The van der Waals surface area contributed by atoms with Gasteiger partial charge in [0.2, 0.25) is 0 Å². The predicted molar refractivity (Wildman–Crippen MR) is 85.3 cm³/mol. The molecule has 114 valence electrons. The first-order valence-electron chi connectivity index (χ1n) is 7.81. The third kappa shape index (κ3) is 3.11. The fourth-order valence-electron chi connectivity index (χ4n) is 2.74. The van der Waals surface area contributed by atoms with Crippen LogP contribution in [0.2, 0.25) is 0 Å². The first-order valence-corrected chi connectivity index (χ1v) is 7.81. The second kappa shape index (κ2) is 6.60. The largest absolute Gasteiger partial charge is 0.315 e. The van der Waals surface area contributed by atoms with E-state index in [9.17, 15) is 9.59 Å². The lowest BCUT2D eigenvalue weighted by molar-refractivity contribution is 0.0803. The van der Waals surface area contributed by atoms with Gasteiger partial charge in [0.25, 0.3) is 11.8 Å². The van der Waals surface area contributed by atoms with Crippen LogP contribution in [0.25, 0.3) is 0 Å². The minimum atomic E-state index is -0.00665. The number of rotatable bonds is 2. The lowest BCUT2D eigenvalue weighted by Crippen LogP contribution is -2.29. The summed E-state index contributed by atoms with van der Waals surface area (Å²) in [5.74, 6) is -0.0133. The Labute approximate surface area is 130 Å². The summed E-state index contributed by atoms with van der Waals surface area (Å²) in [5.41, 5.74) is 1.24. The van der Waals surface area contributed by atoms with Crippen LogP contribution in [0.4, 0.5) is 0 Å². The Balaban J connectivity index is 1.72. The second-order valence-electron chi connectivity index (χ2n) is 5.63. The fraction of sp³-hybridized carbons (Fsp3) is 0.333. The molecule has 0 aliphatic carbocycles. The second-order valence-corrected chi connectivity index (χ2v) is 5.63. The third-order valence-corrected chi connectivity index (χ3v) is 4.01. The Bertz CT molecular complexity index is 561. The van der Waals surface area contributed by atoms with E-state index in [0.717, 1.165) is 38.8 Å². The number of hydrogen-bond acceptors (Lipinski definition) is 2. The molecule has 4 nitrogen and oxygen atoms in total. The summed E-state index contributed by atoms with van der Waals surface area (Å²) in [6.45, 7) is 1.52. The van der Waals surface area contributed by atoms with Crippen LogP contribution in [-0.4, -0.2) is 34.7 Å². The van der Waals surface area contributed by atoms with E-state index in [-0.39, 0.29) is 11.8 Å². The zero-order valence-electron chi connectivity index (χ0n) is 12.6. The summed E-state index contributed by atoms with van der Waals surface area (Å²) in [4.78, 5) is 28.2. The molecule has 2 amide bonds.